The quantitative estimate of drug-likeness (QED) is 0.865. The molecule has 0 saturated heterocycles. The fourth-order valence-corrected chi connectivity index (χ4v) is 1.69. The van der Waals surface area contributed by atoms with Crippen LogP contribution in [0.5, 0.6) is 17.4 Å². The molecule has 0 aliphatic carbocycles. The van der Waals surface area contributed by atoms with Crippen molar-refractivity contribution in [1.29, 1.82) is 0 Å². The number of rotatable bonds is 6. The Morgan fingerprint density at radius 3 is 2.47 bits per heavy atom. The molecule has 0 fully saturated rings. The first kappa shape index (κ1) is 13.4. The van der Waals surface area contributed by atoms with E-state index in [0.29, 0.717) is 12.5 Å². The van der Waals surface area contributed by atoms with Gasteiger partial charge in [0.25, 0.3) is 0 Å². The van der Waals surface area contributed by atoms with Crippen LogP contribution in [0.25, 0.3) is 0 Å². The van der Waals surface area contributed by atoms with Crippen molar-refractivity contribution in [3.8, 4) is 17.4 Å². The Morgan fingerprint density at radius 1 is 1.05 bits per heavy atom. The van der Waals surface area contributed by atoms with E-state index in [1.54, 1.807) is 0 Å². The Kier molecular flexibility index (Phi) is 4.75. The van der Waals surface area contributed by atoms with E-state index in [1.807, 2.05) is 56.4 Å². The van der Waals surface area contributed by atoms with Gasteiger partial charge in [-0.25, -0.2) is 4.98 Å². The van der Waals surface area contributed by atoms with Gasteiger partial charge in [0.1, 0.15) is 11.5 Å². The van der Waals surface area contributed by atoms with Crippen molar-refractivity contribution in [2.75, 3.05) is 13.7 Å². The van der Waals surface area contributed by atoms with Gasteiger partial charge in [-0.15, -0.1) is 0 Å². The summed E-state index contributed by atoms with van der Waals surface area (Å²) < 4.78 is 11.1. The Labute approximate surface area is 113 Å². The van der Waals surface area contributed by atoms with Gasteiger partial charge in [0, 0.05) is 12.6 Å². The minimum absolute atomic E-state index is 0.594. The van der Waals surface area contributed by atoms with Crippen LogP contribution in [0.4, 0.5) is 0 Å². The van der Waals surface area contributed by atoms with Crippen LogP contribution in [0.15, 0.2) is 42.5 Å². The van der Waals surface area contributed by atoms with E-state index in [4.69, 9.17) is 9.47 Å². The number of hydrogen-bond acceptors (Lipinski definition) is 4. The average Bonchev–Trinajstić information content (AvgIpc) is 2.42. The predicted octanol–water partition coefficient (Wildman–Crippen LogP) is 2.99. The van der Waals surface area contributed by atoms with Crippen LogP contribution in [0, 0.1) is 0 Å². The molecule has 2 rings (SSSR count). The Balaban J connectivity index is 2.05. The molecule has 1 N–H and O–H groups in total. The Bertz CT molecular complexity index is 512. The molecule has 4 heteroatoms. The topological polar surface area (TPSA) is 43.4 Å². The summed E-state index contributed by atoms with van der Waals surface area (Å²) in [6.45, 7) is 3.34. The smallest absolute Gasteiger partial charge is 0.219 e. The second-order valence-electron chi connectivity index (χ2n) is 4.00. The molecule has 100 valence electrons. The van der Waals surface area contributed by atoms with Crippen molar-refractivity contribution in [3.05, 3.63) is 48.2 Å². The largest absolute Gasteiger partial charge is 0.494 e. The summed E-state index contributed by atoms with van der Waals surface area (Å²) in [5.41, 5.74) is 0.950. The number of hydrogen-bond donors (Lipinski definition) is 1. The van der Waals surface area contributed by atoms with Crippen LogP contribution >= 0.6 is 0 Å². The van der Waals surface area contributed by atoms with E-state index in [9.17, 15) is 0 Å². The van der Waals surface area contributed by atoms with E-state index in [-0.39, 0.29) is 0 Å². The summed E-state index contributed by atoms with van der Waals surface area (Å²) in [7, 11) is 1.89. The van der Waals surface area contributed by atoms with Crippen molar-refractivity contribution in [2.24, 2.45) is 0 Å². The molecule has 0 saturated carbocycles. The van der Waals surface area contributed by atoms with E-state index < -0.39 is 0 Å². The van der Waals surface area contributed by atoms with Crippen molar-refractivity contribution in [2.45, 2.75) is 13.5 Å². The van der Waals surface area contributed by atoms with Crippen LogP contribution in [-0.2, 0) is 6.54 Å². The molecule has 1 heterocycles. The van der Waals surface area contributed by atoms with Crippen LogP contribution in [-0.4, -0.2) is 18.6 Å². The molecule has 0 aliphatic heterocycles. The molecule has 19 heavy (non-hydrogen) atoms. The summed E-state index contributed by atoms with van der Waals surface area (Å²) in [5.74, 6) is 2.18. The van der Waals surface area contributed by atoms with E-state index in [0.717, 1.165) is 23.7 Å². The predicted molar refractivity (Wildman–Crippen MR) is 74.7 cm³/mol. The molecule has 1 aromatic heterocycles. The molecular formula is C15H18N2O2. The van der Waals surface area contributed by atoms with E-state index >= 15 is 0 Å². The zero-order valence-electron chi connectivity index (χ0n) is 11.2. The lowest BCUT2D eigenvalue weighted by Crippen LogP contribution is -2.06. The number of aromatic nitrogens is 1. The highest BCUT2D eigenvalue weighted by Gasteiger charge is 2.01. The number of nitrogens with zero attached hydrogens (tertiary/aromatic N) is 1. The minimum atomic E-state index is 0.594. The molecule has 0 spiro atoms. The molecular weight excluding hydrogens is 240 g/mol. The normalized spacial score (nSPS) is 10.2. The summed E-state index contributed by atoms with van der Waals surface area (Å²) in [6.07, 6.45) is 0. The third kappa shape index (κ3) is 3.96. The first-order valence-electron chi connectivity index (χ1n) is 6.33. The van der Waals surface area contributed by atoms with Gasteiger partial charge in [0.15, 0.2) is 0 Å². The SMILES string of the molecule is CCOc1ccc(Oc2cccc(CNC)n2)cc1. The Hall–Kier alpha value is -2.07. The van der Waals surface area contributed by atoms with Gasteiger partial charge in [0.2, 0.25) is 5.88 Å². The molecule has 0 atom stereocenters. The fraction of sp³-hybridized carbons (Fsp3) is 0.267. The van der Waals surface area contributed by atoms with Crippen LogP contribution in [0.1, 0.15) is 12.6 Å². The van der Waals surface area contributed by atoms with Gasteiger partial charge in [-0.2, -0.15) is 0 Å². The zero-order chi connectivity index (χ0) is 13.5. The van der Waals surface area contributed by atoms with Crippen LogP contribution in [0.3, 0.4) is 0 Å². The van der Waals surface area contributed by atoms with E-state index in [1.165, 1.54) is 0 Å². The maximum Gasteiger partial charge on any atom is 0.219 e. The molecule has 1 aromatic carbocycles. The van der Waals surface area contributed by atoms with Gasteiger partial charge < -0.3 is 14.8 Å². The van der Waals surface area contributed by atoms with Gasteiger partial charge in [-0.05, 0) is 44.3 Å². The summed E-state index contributed by atoms with van der Waals surface area (Å²) in [6, 6.07) is 13.3. The fourth-order valence-electron chi connectivity index (χ4n) is 1.69. The highest BCUT2D eigenvalue weighted by molar-refractivity contribution is 5.33. The molecule has 0 radical (unpaired) electrons. The highest BCUT2D eigenvalue weighted by Crippen LogP contribution is 2.22. The molecule has 2 aromatic rings. The number of ether oxygens (including phenoxy) is 2. The number of benzene rings is 1. The summed E-state index contributed by atoms with van der Waals surface area (Å²) in [5, 5.41) is 3.06. The third-order valence-corrected chi connectivity index (χ3v) is 2.50. The lowest BCUT2D eigenvalue weighted by Gasteiger charge is -2.07. The van der Waals surface area contributed by atoms with Gasteiger partial charge in [0.05, 0.1) is 12.3 Å². The maximum absolute atomic E-state index is 5.70. The van der Waals surface area contributed by atoms with Crippen molar-refractivity contribution < 1.29 is 9.47 Å². The monoisotopic (exact) mass is 258 g/mol. The van der Waals surface area contributed by atoms with E-state index in [2.05, 4.69) is 10.3 Å². The lowest BCUT2D eigenvalue weighted by molar-refractivity contribution is 0.339. The first-order chi connectivity index (χ1) is 9.31. The van der Waals surface area contributed by atoms with Crippen molar-refractivity contribution in [1.82, 2.24) is 10.3 Å². The van der Waals surface area contributed by atoms with Gasteiger partial charge in [-0.1, -0.05) is 6.07 Å². The Morgan fingerprint density at radius 2 is 1.79 bits per heavy atom. The van der Waals surface area contributed by atoms with Crippen molar-refractivity contribution >= 4 is 0 Å². The van der Waals surface area contributed by atoms with Crippen molar-refractivity contribution in [3.63, 3.8) is 0 Å². The molecule has 0 unspecified atom stereocenters. The molecule has 4 nitrogen and oxygen atoms in total. The van der Waals surface area contributed by atoms with Crippen LogP contribution < -0.4 is 14.8 Å². The second kappa shape index (κ2) is 6.75. The number of nitrogens with one attached hydrogen (secondary N) is 1. The first-order valence-corrected chi connectivity index (χ1v) is 6.33. The second-order valence-corrected chi connectivity index (χ2v) is 4.00. The van der Waals surface area contributed by atoms with Gasteiger partial charge in [-0.3, -0.25) is 0 Å². The highest BCUT2D eigenvalue weighted by atomic mass is 16.5. The molecule has 0 amide bonds. The zero-order valence-corrected chi connectivity index (χ0v) is 11.2. The summed E-state index contributed by atoms with van der Waals surface area (Å²) in [4.78, 5) is 4.40. The molecule has 0 aliphatic rings. The maximum atomic E-state index is 5.70. The van der Waals surface area contributed by atoms with Gasteiger partial charge >= 0.3 is 0 Å². The third-order valence-electron chi connectivity index (χ3n) is 2.50. The molecule has 0 bridgehead atoms. The number of pyridine rings is 1. The average molecular weight is 258 g/mol. The minimum Gasteiger partial charge on any atom is -0.494 e. The standard InChI is InChI=1S/C15H18N2O2/c1-3-18-13-7-9-14(10-8-13)19-15-6-4-5-12(17-15)11-16-2/h4-10,16H,3,11H2,1-2H3. The summed E-state index contributed by atoms with van der Waals surface area (Å²) >= 11 is 0. The van der Waals surface area contributed by atoms with Crippen LogP contribution in [0.2, 0.25) is 0 Å². The lowest BCUT2D eigenvalue weighted by atomic mass is 10.3.